The van der Waals surface area contributed by atoms with Gasteiger partial charge in [-0.2, -0.15) is 0 Å². The zero-order chi connectivity index (χ0) is 36.4. The first kappa shape index (κ1) is 30.6. The van der Waals surface area contributed by atoms with Crippen LogP contribution in [-0.2, 0) is 5.41 Å². The molecule has 0 N–H and O–H groups in total. The molecule has 11 aromatic rings. The Morgan fingerprint density at radius 1 is 0.345 bits per heavy atom. The summed E-state index contributed by atoms with van der Waals surface area (Å²) in [6.07, 6.45) is 0. The molecular weight excluding hydrogens is 665 g/mol. The summed E-state index contributed by atoms with van der Waals surface area (Å²) in [5, 5.41) is 10.2. The molecule has 0 unspecified atom stereocenters. The van der Waals surface area contributed by atoms with E-state index in [4.69, 9.17) is 0 Å². The van der Waals surface area contributed by atoms with Crippen molar-refractivity contribution >= 4 is 65.2 Å². The Kier molecular flexibility index (Phi) is 6.15. The highest BCUT2D eigenvalue weighted by Gasteiger charge is 2.35. The monoisotopic (exact) mass is 700 g/mol. The number of rotatable bonds is 3. The zero-order valence-electron chi connectivity index (χ0n) is 30.7. The molecule has 0 atom stereocenters. The topological polar surface area (TPSA) is 9.86 Å². The molecule has 9 aromatic carbocycles. The lowest BCUT2D eigenvalue weighted by molar-refractivity contribution is 0.660. The second-order valence-corrected chi connectivity index (χ2v) is 15.7. The van der Waals surface area contributed by atoms with Crippen molar-refractivity contribution in [1.29, 1.82) is 0 Å². The predicted octanol–water partition coefficient (Wildman–Crippen LogP) is 14.2. The highest BCUT2D eigenvalue weighted by Crippen LogP contribution is 2.50. The molecule has 55 heavy (non-hydrogen) atoms. The lowest BCUT2D eigenvalue weighted by Crippen LogP contribution is -2.15. The van der Waals surface area contributed by atoms with Gasteiger partial charge in [0.2, 0.25) is 0 Å². The molecule has 258 valence electrons. The van der Waals surface area contributed by atoms with Crippen LogP contribution in [0.5, 0.6) is 0 Å². The Hall–Kier alpha value is -6.90. The van der Waals surface area contributed by atoms with E-state index in [9.17, 15) is 0 Å². The van der Waals surface area contributed by atoms with Crippen molar-refractivity contribution in [3.8, 4) is 33.6 Å². The normalized spacial score (nSPS) is 13.4. The highest BCUT2D eigenvalue weighted by atomic mass is 15.0. The molecule has 0 radical (unpaired) electrons. The van der Waals surface area contributed by atoms with Crippen LogP contribution in [0, 0.1) is 0 Å². The third kappa shape index (κ3) is 4.20. The molecule has 2 heterocycles. The van der Waals surface area contributed by atoms with Gasteiger partial charge in [0.15, 0.2) is 0 Å². The van der Waals surface area contributed by atoms with Crippen molar-refractivity contribution in [2.24, 2.45) is 0 Å². The summed E-state index contributed by atoms with van der Waals surface area (Å²) >= 11 is 0. The number of hydrogen-bond donors (Lipinski definition) is 0. The van der Waals surface area contributed by atoms with Gasteiger partial charge in [-0.25, -0.2) is 0 Å². The van der Waals surface area contributed by atoms with Crippen molar-refractivity contribution < 1.29 is 0 Å². The van der Waals surface area contributed by atoms with Gasteiger partial charge in [0.05, 0.1) is 22.1 Å². The first-order chi connectivity index (χ1) is 27.0. The van der Waals surface area contributed by atoms with E-state index in [1.54, 1.807) is 0 Å². The van der Waals surface area contributed by atoms with E-state index in [1.165, 1.54) is 104 Å². The number of aromatic nitrogens is 2. The number of benzene rings is 9. The fraction of sp³-hybridized carbons (Fsp3) is 0.0566. The second kappa shape index (κ2) is 11.1. The summed E-state index contributed by atoms with van der Waals surface area (Å²) in [5.41, 5.74) is 15.0. The van der Waals surface area contributed by atoms with Crippen molar-refractivity contribution in [3.05, 3.63) is 193 Å². The van der Waals surface area contributed by atoms with Crippen LogP contribution in [0.1, 0.15) is 25.0 Å². The predicted molar refractivity (Wildman–Crippen MR) is 233 cm³/mol. The molecule has 0 saturated heterocycles. The van der Waals surface area contributed by atoms with Crippen LogP contribution in [0.15, 0.2) is 182 Å². The summed E-state index contributed by atoms with van der Waals surface area (Å²) in [4.78, 5) is 0. The van der Waals surface area contributed by atoms with Gasteiger partial charge in [-0.1, -0.05) is 147 Å². The van der Waals surface area contributed by atoms with Gasteiger partial charge in [-0.15, -0.1) is 0 Å². The van der Waals surface area contributed by atoms with Gasteiger partial charge in [0.25, 0.3) is 0 Å². The van der Waals surface area contributed by atoms with Gasteiger partial charge in [0.1, 0.15) is 0 Å². The third-order valence-corrected chi connectivity index (χ3v) is 12.5. The van der Waals surface area contributed by atoms with Crippen molar-refractivity contribution in [1.82, 2.24) is 9.13 Å². The van der Waals surface area contributed by atoms with Crippen molar-refractivity contribution in [2.75, 3.05) is 0 Å². The fourth-order valence-electron chi connectivity index (χ4n) is 9.90. The molecule has 2 nitrogen and oxygen atoms in total. The average Bonchev–Trinajstić information content (AvgIpc) is 3.82. The Labute approximate surface area is 319 Å². The quantitative estimate of drug-likeness (QED) is 0.174. The van der Waals surface area contributed by atoms with E-state index >= 15 is 0 Å². The average molecular weight is 701 g/mol. The summed E-state index contributed by atoms with van der Waals surface area (Å²) < 4.78 is 4.97. The van der Waals surface area contributed by atoms with Gasteiger partial charge < -0.3 is 9.13 Å². The summed E-state index contributed by atoms with van der Waals surface area (Å²) in [7, 11) is 0. The Bertz CT molecular complexity index is 3380. The molecule has 1 aliphatic carbocycles. The lowest BCUT2D eigenvalue weighted by atomic mass is 9.82. The minimum Gasteiger partial charge on any atom is -0.309 e. The molecule has 1 aliphatic rings. The minimum absolute atomic E-state index is 0.0920. The summed E-state index contributed by atoms with van der Waals surface area (Å²) in [6, 6.07) is 67.7. The van der Waals surface area contributed by atoms with Crippen LogP contribution < -0.4 is 0 Å². The van der Waals surface area contributed by atoms with E-state index < -0.39 is 0 Å². The van der Waals surface area contributed by atoms with Gasteiger partial charge in [-0.05, 0) is 103 Å². The van der Waals surface area contributed by atoms with E-state index in [1.807, 2.05) is 0 Å². The van der Waals surface area contributed by atoms with E-state index in [-0.39, 0.29) is 5.41 Å². The molecule has 2 heteroatoms. The molecule has 0 spiro atoms. The Balaban J connectivity index is 1.14. The van der Waals surface area contributed by atoms with Crippen LogP contribution in [0.4, 0.5) is 0 Å². The van der Waals surface area contributed by atoms with Crippen molar-refractivity contribution in [3.63, 3.8) is 0 Å². The number of hydrogen-bond acceptors (Lipinski definition) is 0. The van der Waals surface area contributed by atoms with Gasteiger partial charge in [0, 0.05) is 38.3 Å². The molecule has 12 rings (SSSR count). The van der Waals surface area contributed by atoms with Crippen LogP contribution in [0.25, 0.3) is 98.8 Å². The highest BCUT2D eigenvalue weighted by molar-refractivity contribution is 6.25. The zero-order valence-corrected chi connectivity index (χ0v) is 30.7. The molecule has 2 aromatic heterocycles. The lowest BCUT2D eigenvalue weighted by Gasteiger charge is -2.22. The van der Waals surface area contributed by atoms with E-state index in [0.29, 0.717) is 0 Å². The smallest absolute Gasteiger partial charge is 0.0562 e. The third-order valence-electron chi connectivity index (χ3n) is 12.5. The molecule has 0 fully saturated rings. The molecular formula is C53H36N2. The molecule has 0 bridgehead atoms. The summed E-state index contributed by atoms with van der Waals surface area (Å²) in [5.74, 6) is 0. The number of nitrogens with zero attached hydrogens (tertiary/aromatic N) is 2. The summed E-state index contributed by atoms with van der Waals surface area (Å²) in [6.45, 7) is 4.74. The molecule has 0 saturated carbocycles. The second-order valence-electron chi connectivity index (χ2n) is 15.7. The van der Waals surface area contributed by atoms with Gasteiger partial charge in [-0.3, -0.25) is 0 Å². The largest absolute Gasteiger partial charge is 0.309 e. The fourth-order valence-corrected chi connectivity index (χ4v) is 9.90. The molecule has 0 aliphatic heterocycles. The number of para-hydroxylation sites is 1. The SMILES string of the molecule is CC1(C)c2ccccc2-c2ccc(-n3c4cc5c(cc4c4c6ccccc6ccc43)c3ccccc3n5-c3ccc(-c4cccc5ccccc45)cc3)cc21. The van der Waals surface area contributed by atoms with Crippen LogP contribution in [-0.4, -0.2) is 9.13 Å². The van der Waals surface area contributed by atoms with Gasteiger partial charge >= 0.3 is 0 Å². The molecule has 0 amide bonds. The first-order valence-electron chi connectivity index (χ1n) is 19.3. The maximum atomic E-state index is 2.52. The first-order valence-corrected chi connectivity index (χ1v) is 19.3. The van der Waals surface area contributed by atoms with Crippen LogP contribution in [0.2, 0.25) is 0 Å². The maximum absolute atomic E-state index is 2.52. The number of fused-ring (bicyclic) bond motifs is 12. The van der Waals surface area contributed by atoms with Crippen LogP contribution >= 0.6 is 0 Å². The van der Waals surface area contributed by atoms with Crippen LogP contribution in [0.3, 0.4) is 0 Å². The Morgan fingerprint density at radius 2 is 0.964 bits per heavy atom. The van der Waals surface area contributed by atoms with Crippen molar-refractivity contribution in [2.45, 2.75) is 19.3 Å². The van der Waals surface area contributed by atoms with E-state index in [0.717, 1.165) is 5.69 Å². The van der Waals surface area contributed by atoms with E-state index in [2.05, 4.69) is 205 Å². The minimum atomic E-state index is -0.0920. The Morgan fingerprint density at radius 3 is 1.82 bits per heavy atom. The maximum Gasteiger partial charge on any atom is 0.0562 e. The standard InChI is InChI=1S/C53H36N2/c1-53(2)46-20-9-7-17-41(46)42-28-27-37(30-47(42)53)55-49-29-24-34-13-4-6-16-40(34)52(49)45-31-44-43-18-8-10-21-48(43)54(50(44)32-51(45)55)36-25-22-35(23-26-36)39-19-11-14-33-12-3-5-15-38(33)39/h3-32H,1-2H3.